The van der Waals surface area contributed by atoms with E-state index >= 15 is 0 Å². The van der Waals surface area contributed by atoms with Gasteiger partial charge in [0.2, 0.25) is 0 Å². The van der Waals surface area contributed by atoms with Gasteiger partial charge < -0.3 is 4.74 Å². The van der Waals surface area contributed by atoms with E-state index in [4.69, 9.17) is 4.74 Å². The Kier molecular flexibility index (Phi) is 4.43. The molecule has 0 N–H and O–H groups in total. The minimum Gasteiger partial charge on any atom is -0.462 e. The van der Waals surface area contributed by atoms with Crippen LogP contribution in [0, 0.1) is 0 Å². The van der Waals surface area contributed by atoms with Gasteiger partial charge in [-0.25, -0.2) is 14.8 Å². The molecule has 2 aromatic carbocycles. The van der Waals surface area contributed by atoms with Gasteiger partial charge in [-0.1, -0.05) is 36.4 Å². The number of hydrogen-bond donors (Lipinski definition) is 0. The summed E-state index contributed by atoms with van der Waals surface area (Å²) in [6.07, 6.45) is 5.09. The van der Waals surface area contributed by atoms with Crippen molar-refractivity contribution in [3.8, 4) is 22.3 Å². The van der Waals surface area contributed by atoms with E-state index in [9.17, 15) is 4.79 Å². The van der Waals surface area contributed by atoms with E-state index in [1.54, 1.807) is 31.5 Å². The predicted octanol–water partition coefficient (Wildman–Crippen LogP) is 3.99. The number of carbonyl (C=O) groups is 1. The van der Waals surface area contributed by atoms with Crippen molar-refractivity contribution in [1.82, 2.24) is 9.97 Å². The predicted molar refractivity (Wildman–Crippen MR) is 88.9 cm³/mol. The number of carbonyl (C=O) groups excluding carboxylic acids is 1. The van der Waals surface area contributed by atoms with Crippen LogP contribution in [0.3, 0.4) is 0 Å². The first kappa shape index (κ1) is 14.9. The number of ether oxygens (including phenoxy) is 1. The van der Waals surface area contributed by atoms with Crippen molar-refractivity contribution in [1.29, 1.82) is 0 Å². The van der Waals surface area contributed by atoms with Gasteiger partial charge in [-0.05, 0) is 35.7 Å². The molecular weight excluding hydrogens is 288 g/mol. The Morgan fingerprint density at radius 2 is 1.30 bits per heavy atom. The summed E-state index contributed by atoms with van der Waals surface area (Å²) in [6.45, 7) is 2.18. The standard InChI is InChI=1S/C19H16N2O2/c1-2-23-19(22)17-9-7-15(8-10-17)14-3-5-16(6-4-14)18-11-20-13-21-12-18/h3-13H,2H2,1H3. The van der Waals surface area contributed by atoms with Gasteiger partial charge in [-0.3, -0.25) is 0 Å². The number of aromatic nitrogens is 2. The molecule has 0 unspecified atom stereocenters. The zero-order valence-corrected chi connectivity index (χ0v) is 12.8. The molecule has 114 valence electrons. The summed E-state index contributed by atoms with van der Waals surface area (Å²) in [4.78, 5) is 19.7. The summed E-state index contributed by atoms with van der Waals surface area (Å²) in [7, 11) is 0. The van der Waals surface area contributed by atoms with E-state index < -0.39 is 0 Å². The molecular formula is C19H16N2O2. The molecule has 0 radical (unpaired) electrons. The van der Waals surface area contributed by atoms with Crippen molar-refractivity contribution in [2.45, 2.75) is 6.92 Å². The molecule has 23 heavy (non-hydrogen) atoms. The lowest BCUT2D eigenvalue weighted by Gasteiger charge is -2.06. The van der Waals surface area contributed by atoms with Crippen LogP contribution in [0.1, 0.15) is 17.3 Å². The fourth-order valence-corrected chi connectivity index (χ4v) is 2.32. The summed E-state index contributed by atoms with van der Waals surface area (Å²) in [5, 5.41) is 0. The van der Waals surface area contributed by atoms with E-state index in [0.29, 0.717) is 12.2 Å². The lowest BCUT2D eigenvalue weighted by molar-refractivity contribution is 0.0526. The highest BCUT2D eigenvalue weighted by Gasteiger charge is 2.06. The third-order valence-electron chi connectivity index (χ3n) is 3.51. The van der Waals surface area contributed by atoms with Crippen LogP contribution in [0.4, 0.5) is 0 Å². The highest BCUT2D eigenvalue weighted by Crippen LogP contribution is 2.24. The largest absolute Gasteiger partial charge is 0.462 e. The molecule has 1 aromatic heterocycles. The van der Waals surface area contributed by atoms with Gasteiger partial charge in [0, 0.05) is 18.0 Å². The summed E-state index contributed by atoms with van der Waals surface area (Å²) >= 11 is 0. The highest BCUT2D eigenvalue weighted by atomic mass is 16.5. The van der Waals surface area contributed by atoms with Gasteiger partial charge in [0.25, 0.3) is 0 Å². The molecule has 4 heteroatoms. The van der Waals surface area contributed by atoms with Gasteiger partial charge >= 0.3 is 5.97 Å². The first-order chi connectivity index (χ1) is 11.3. The molecule has 4 nitrogen and oxygen atoms in total. The average molecular weight is 304 g/mol. The molecule has 3 rings (SSSR count). The molecule has 0 aliphatic heterocycles. The molecule has 0 atom stereocenters. The van der Waals surface area contributed by atoms with Crippen LogP contribution in [-0.2, 0) is 4.74 Å². The van der Waals surface area contributed by atoms with E-state index in [1.807, 2.05) is 36.4 Å². The average Bonchev–Trinajstić information content (AvgIpc) is 2.63. The summed E-state index contributed by atoms with van der Waals surface area (Å²) in [6, 6.07) is 15.6. The highest BCUT2D eigenvalue weighted by molar-refractivity contribution is 5.90. The molecule has 3 aromatic rings. The minimum absolute atomic E-state index is 0.293. The molecule has 0 amide bonds. The third-order valence-corrected chi connectivity index (χ3v) is 3.51. The van der Waals surface area contributed by atoms with Gasteiger partial charge in [0.15, 0.2) is 0 Å². The van der Waals surface area contributed by atoms with Crippen molar-refractivity contribution >= 4 is 5.97 Å². The third kappa shape index (κ3) is 3.43. The quantitative estimate of drug-likeness (QED) is 0.684. The fraction of sp³-hybridized carbons (Fsp3) is 0.105. The van der Waals surface area contributed by atoms with Crippen LogP contribution in [0.15, 0.2) is 67.3 Å². The second-order valence-electron chi connectivity index (χ2n) is 5.00. The van der Waals surface area contributed by atoms with E-state index in [2.05, 4.69) is 9.97 Å². The summed E-state index contributed by atoms with van der Waals surface area (Å²) in [5.74, 6) is -0.293. The number of nitrogens with zero attached hydrogens (tertiary/aromatic N) is 2. The lowest BCUT2D eigenvalue weighted by atomic mass is 10.0. The SMILES string of the molecule is CCOC(=O)c1ccc(-c2ccc(-c3cncnc3)cc2)cc1. The number of hydrogen-bond acceptors (Lipinski definition) is 4. The Morgan fingerprint density at radius 1 is 0.826 bits per heavy atom. The monoisotopic (exact) mass is 304 g/mol. The van der Waals surface area contributed by atoms with Crippen molar-refractivity contribution < 1.29 is 9.53 Å². The fourth-order valence-electron chi connectivity index (χ4n) is 2.32. The minimum atomic E-state index is -0.293. The Labute approximate surface area is 134 Å². The zero-order valence-electron chi connectivity index (χ0n) is 12.8. The molecule has 0 fully saturated rings. The van der Waals surface area contributed by atoms with Crippen molar-refractivity contribution in [2.24, 2.45) is 0 Å². The zero-order chi connectivity index (χ0) is 16.1. The molecule has 0 spiro atoms. The Hall–Kier alpha value is -3.01. The van der Waals surface area contributed by atoms with E-state index in [0.717, 1.165) is 22.3 Å². The smallest absolute Gasteiger partial charge is 0.338 e. The maximum atomic E-state index is 11.7. The molecule has 0 bridgehead atoms. The Bertz CT molecular complexity index is 782. The molecule has 0 aliphatic carbocycles. The van der Waals surface area contributed by atoms with Crippen LogP contribution in [0.2, 0.25) is 0 Å². The van der Waals surface area contributed by atoms with Crippen molar-refractivity contribution in [2.75, 3.05) is 6.61 Å². The second kappa shape index (κ2) is 6.83. The van der Waals surface area contributed by atoms with Crippen LogP contribution in [0.25, 0.3) is 22.3 Å². The lowest BCUT2D eigenvalue weighted by Crippen LogP contribution is -2.03. The number of rotatable bonds is 4. The molecule has 0 aliphatic rings. The normalized spacial score (nSPS) is 10.3. The van der Waals surface area contributed by atoms with Crippen LogP contribution in [-0.4, -0.2) is 22.5 Å². The first-order valence-electron chi connectivity index (χ1n) is 7.41. The van der Waals surface area contributed by atoms with E-state index in [-0.39, 0.29) is 5.97 Å². The summed E-state index contributed by atoms with van der Waals surface area (Å²) < 4.78 is 4.99. The van der Waals surface area contributed by atoms with E-state index in [1.165, 1.54) is 6.33 Å². The number of benzene rings is 2. The second-order valence-corrected chi connectivity index (χ2v) is 5.00. The van der Waals surface area contributed by atoms with Gasteiger partial charge in [0.1, 0.15) is 6.33 Å². The van der Waals surface area contributed by atoms with Crippen LogP contribution in [0.5, 0.6) is 0 Å². The molecule has 0 saturated carbocycles. The number of esters is 1. The first-order valence-corrected chi connectivity index (χ1v) is 7.41. The van der Waals surface area contributed by atoms with Crippen LogP contribution < -0.4 is 0 Å². The molecule has 0 saturated heterocycles. The summed E-state index contributed by atoms with van der Waals surface area (Å²) in [5.41, 5.74) is 4.75. The Morgan fingerprint density at radius 3 is 1.83 bits per heavy atom. The van der Waals surface area contributed by atoms with Gasteiger partial charge in [0.05, 0.1) is 12.2 Å². The van der Waals surface area contributed by atoms with Crippen LogP contribution >= 0.6 is 0 Å². The molecule has 1 heterocycles. The maximum Gasteiger partial charge on any atom is 0.338 e. The topological polar surface area (TPSA) is 52.1 Å². The van der Waals surface area contributed by atoms with Crippen molar-refractivity contribution in [3.05, 3.63) is 72.8 Å². The van der Waals surface area contributed by atoms with Gasteiger partial charge in [-0.2, -0.15) is 0 Å². The van der Waals surface area contributed by atoms with Crippen molar-refractivity contribution in [3.63, 3.8) is 0 Å². The maximum absolute atomic E-state index is 11.7. The Balaban J connectivity index is 1.81. The van der Waals surface area contributed by atoms with Gasteiger partial charge in [-0.15, -0.1) is 0 Å².